The molecule has 0 atom stereocenters. The number of benzene rings is 1. The number of aromatic nitrogens is 2. The monoisotopic (exact) mass is 243 g/mol. The minimum absolute atomic E-state index is 0.130. The van der Waals surface area contributed by atoms with Crippen LogP contribution in [-0.2, 0) is 6.42 Å². The molecular weight excluding hydrogens is 230 g/mol. The second-order valence-electron chi connectivity index (χ2n) is 3.72. The molecule has 0 unspecified atom stereocenters. The van der Waals surface area contributed by atoms with Gasteiger partial charge in [-0.15, -0.1) is 0 Å². The first-order valence-corrected chi connectivity index (χ1v) is 5.76. The Bertz CT molecular complexity index is 540. The third-order valence-electron chi connectivity index (χ3n) is 2.28. The molecule has 0 saturated carbocycles. The van der Waals surface area contributed by atoms with Gasteiger partial charge in [-0.2, -0.15) is 10.2 Å². The maximum atomic E-state index is 8.52. The molecule has 1 heterocycles. The quantitative estimate of drug-likeness (QED) is 0.807. The van der Waals surface area contributed by atoms with Crippen molar-refractivity contribution in [3.05, 3.63) is 30.2 Å². The van der Waals surface area contributed by atoms with E-state index in [1.54, 1.807) is 0 Å². The van der Waals surface area contributed by atoms with Gasteiger partial charge in [0.05, 0.1) is 12.7 Å². The number of hydrogen-bond acceptors (Lipinski definition) is 5. The van der Waals surface area contributed by atoms with Crippen LogP contribution in [0.25, 0.3) is 11.4 Å². The van der Waals surface area contributed by atoms with Crippen LogP contribution in [0.15, 0.2) is 28.8 Å². The van der Waals surface area contributed by atoms with E-state index in [2.05, 4.69) is 17.1 Å². The molecule has 1 aromatic carbocycles. The fourth-order valence-corrected chi connectivity index (χ4v) is 1.43. The van der Waals surface area contributed by atoms with Crippen LogP contribution in [0.4, 0.5) is 0 Å². The molecule has 0 saturated heterocycles. The highest BCUT2D eigenvalue weighted by Crippen LogP contribution is 2.20. The van der Waals surface area contributed by atoms with Crippen molar-refractivity contribution in [2.75, 3.05) is 6.61 Å². The van der Waals surface area contributed by atoms with Gasteiger partial charge < -0.3 is 9.26 Å². The molecule has 0 N–H and O–H groups in total. The molecule has 0 aliphatic rings. The summed E-state index contributed by atoms with van der Waals surface area (Å²) in [6.07, 6.45) is 1.11. The third kappa shape index (κ3) is 2.86. The summed E-state index contributed by atoms with van der Waals surface area (Å²) in [5.41, 5.74) is 0.840. The van der Waals surface area contributed by atoms with Crippen molar-refractivity contribution in [1.29, 1.82) is 5.26 Å². The van der Waals surface area contributed by atoms with Crippen molar-refractivity contribution in [1.82, 2.24) is 10.1 Å². The summed E-state index contributed by atoms with van der Waals surface area (Å²) in [6, 6.07) is 9.43. The Morgan fingerprint density at radius 1 is 1.33 bits per heavy atom. The van der Waals surface area contributed by atoms with Crippen LogP contribution in [0.2, 0.25) is 0 Å². The zero-order valence-electron chi connectivity index (χ0n) is 10.1. The molecule has 0 spiro atoms. The molecule has 0 aliphatic carbocycles. The summed E-state index contributed by atoms with van der Waals surface area (Å²) in [6.45, 7) is 2.76. The van der Waals surface area contributed by atoms with Crippen LogP contribution < -0.4 is 4.74 Å². The molecule has 2 rings (SSSR count). The van der Waals surface area contributed by atoms with Crippen LogP contribution in [-0.4, -0.2) is 16.7 Å². The van der Waals surface area contributed by atoms with E-state index in [1.807, 2.05) is 30.3 Å². The van der Waals surface area contributed by atoms with E-state index in [0.29, 0.717) is 18.3 Å². The second-order valence-corrected chi connectivity index (χ2v) is 3.72. The third-order valence-corrected chi connectivity index (χ3v) is 2.28. The lowest BCUT2D eigenvalue weighted by Gasteiger charge is -2.03. The molecule has 0 radical (unpaired) electrons. The Kier molecular flexibility index (Phi) is 3.92. The van der Waals surface area contributed by atoms with Crippen molar-refractivity contribution < 1.29 is 9.26 Å². The topological polar surface area (TPSA) is 71.9 Å². The zero-order valence-corrected chi connectivity index (χ0v) is 10.1. The molecule has 1 aromatic heterocycles. The minimum atomic E-state index is 0.130. The first-order chi connectivity index (χ1) is 8.83. The van der Waals surface area contributed by atoms with Gasteiger partial charge in [0.15, 0.2) is 0 Å². The highest BCUT2D eigenvalue weighted by atomic mass is 16.5. The summed E-state index contributed by atoms with van der Waals surface area (Å²) >= 11 is 0. The van der Waals surface area contributed by atoms with E-state index >= 15 is 0 Å². The predicted molar refractivity (Wildman–Crippen MR) is 64.8 cm³/mol. The van der Waals surface area contributed by atoms with Crippen LogP contribution in [0.3, 0.4) is 0 Å². The lowest BCUT2D eigenvalue weighted by Crippen LogP contribution is -1.94. The molecule has 5 heteroatoms. The highest BCUT2D eigenvalue weighted by Gasteiger charge is 2.08. The number of nitrogens with zero attached hydrogens (tertiary/aromatic N) is 3. The van der Waals surface area contributed by atoms with Crippen molar-refractivity contribution in [2.45, 2.75) is 19.8 Å². The predicted octanol–water partition coefficient (Wildman–Crippen LogP) is 2.59. The fraction of sp³-hybridized carbons (Fsp3) is 0.308. The van der Waals surface area contributed by atoms with Crippen molar-refractivity contribution in [3.8, 4) is 23.2 Å². The lowest BCUT2D eigenvalue weighted by atomic mass is 10.2. The van der Waals surface area contributed by atoms with Crippen LogP contribution in [0.1, 0.15) is 19.2 Å². The van der Waals surface area contributed by atoms with Crippen molar-refractivity contribution in [2.24, 2.45) is 0 Å². The van der Waals surface area contributed by atoms with E-state index < -0.39 is 0 Å². The molecule has 92 valence electrons. The van der Waals surface area contributed by atoms with Gasteiger partial charge >= 0.3 is 0 Å². The molecule has 5 nitrogen and oxygen atoms in total. The molecule has 0 aliphatic heterocycles. The van der Waals surface area contributed by atoms with Gasteiger partial charge in [-0.25, -0.2) is 0 Å². The van der Waals surface area contributed by atoms with Crippen LogP contribution in [0, 0.1) is 11.3 Å². The molecule has 0 amide bonds. The average Bonchev–Trinajstić information content (AvgIpc) is 2.86. The van der Waals surface area contributed by atoms with E-state index in [0.717, 1.165) is 17.7 Å². The maximum Gasteiger partial charge on any atom is 0.241 e. The van der Waals surface area contributed by atoms with Gasteiger partial charge in [0.1, 0.15) is 12.2 Å². The summed E-state index contributed by atoms with van der Waals surface area (Å²) in [5.74, 6) is 1.64. The fourth-order valence-electron chi connectivity index (χ4n) is 1.43. The normalized spacial score (nSPS) is 10.0. The first-order valence-electron chi connectivity index (χ1n) is 5.76. The molecule has 0 fully saturated rings. The SMILES string of the molecule is CCCOc1ccc(-c2noc(CC#N)n2)cc1. The maximum absolute atomic E-state index is 8.52. The second kappa shape index (κ2) is 5.82. The van der Waals surface area contributed by atoms with Gasteiger partial charge in [0.25, 0.3) is 0 Å². The Morgan fingerprint density at radius 3 is 2.78 bits per heavy atom. The standard InChI is InChI=1S/C13H13N3O2/c1-2-9-17-11-5-3-10(4-6-11)13-15-12(7-8-14)18-16-13/h3-6H,2,7,9H2,1H3. The van der Waals surface area contributed by atoms with E-state index in [4.69, 9.17) is 14.5 Å². The van der Waals surface area contributed by atoms with Gasteiger partial charge in [0.2, 0.25) is 11.7 Å². The molecule has 0 bridgehead atoms. The van der Waals surface area contributed by atoms with Crippen LogP contribution in [0.5, 0.6) is 5.75 Å². The number of nitriles is 1. The summed E-state index contributed by atoms with van der Waals surface area (Å²) in [5, 5.41) is 12.3. The zero-order chi connectivity index (χ0) is 12.8. The van der Waals surface area contributed by atoms with Gasteiger partial charge in [0, 0.05) is 5.56 Å². The van der Waals surface area contributed by atoms with Crippen LogP contribution >= 0.6 is 0 Å². The molecule has 18 heavy (non-hydrogen) atoms. The first kappa shape index (κ1) is 12.1. The van der Waals surface area contributed by atoms with Gasteiger partial charge in [-0.1, -0.05) is 12.1 Å². The Hall–Kier alpha value is -2.35. The van der Waals surface area contributed by atoms with E-state index in [9.17, 15) is 0 Å². The van der Waals surface area contributed by atoms with Crippen molar-refractivity contribution in [3.63, 3.8) is 0 Å². The number of rotatable bonds is 5. The Morgan fingerprint density at radius 2 is 2.11 bits per heavy atom. The van der Waals surface area contributed by atoms with Gasteiger partial charge in [-0.3, -0.25) is 0 Å². The highest BCUT2D eigenvalue weighted by molar-refractivity contribution is 5.55. The van der Waals surface area contributed by atoms with E-state index in [1.165, 1.54) is 0 Å². The molecular formula is C13H13N3O2. The summed E-state index contributed by atoms with van der Waals surface area (Å²) in [7, 11) is 0. The van der Waals surface area contributed by atoms with Gasteiger partial charge in [-0.05, 0) is 30.7 Å². The number of hydrogen-bond donors (Lipinski definition) is 0. The van der Waals surface area contributed by atoms with E-state index in [-0.39, 0.29) is 6.42 Å². The smallest absolute Gasteiger partial charge is 0.241 e. The molecule has 2 aromatic rings. The lowest BCUT2D eigenvalue weighted by molar-refractivity contribution is 0.317. The Balaban J connectivity index is 2.10. The summed E-state index contributed by atoms with van der Waals surface area (Å²) in [4.78, 5) is 4.12. The average molecular weight is 243 g/mol. The Labute approximate surface area is 105 Å². The largest absolute Gasteiger partial charge is 0.494 e. The number of ether oxygens (including phenoxy) is 1. The minimum Gasteiger partial charge on any atom is -0.494 e. The summed E-state index contributed by atoms with van der Waals surface area (Å²) < 4.78 is 10.4. The van der Waals surface area contributed by atoms with Crippen molar-refractivity contribution >= 4 is 0 Å².